The predicted octanol–water partition coefficient (Wildman–Crippen LogP) is 5.79. The fourth-order valence-electron chi connectivity index (χ4n) is 1.94. The molecule has 1 N–H and O–H groups in total. The van der Waals surface area contributed by atoms with E-state index in [2.05, 4.69) is 0 Å². The summed E-state index contributed by atoms with van der Waals surface area (Å²) in [5.41, 5.74) is -9.71. The Bertz CT molecular complexity index is 647. The summed E-state index contributed by atoms with van der Waals surface area (Å²) in [5, 5.41) is 1.99. The number of carbonyl (C=O) groups excluding carboxylic acids is 1. The Kier molecular flexibility index (Phi) is 5.84. The molecule has 0 aromatic heterocycles. The van der Waals surface area contributed by atoms with E-state index in [9.17, 15) is 39.9 Å². The van der Waals surface area contributed by atoms with Gasteiger partial charge in [0.1, 0.15) is 12.3 Å². The van der Waals surface area contributed by atoms with E-state index < -0.39 is 53.2 Å². The third-order valence-corrected chi connectivity index (χ3v) is 3.06. The highest BCUT2D eigenvalue weighted by molar-refractivity contribution is 5.86. The van der Waals surface area contributed by atoms with Crippen LogP contribution in [0.5, 0.6) is 0 Å². The summed E-state index contributed by atoms with van der Waals surface area (Å²) in [6.07, 6.45) is -13.8. The van der Waals surface area contributed by atoms with Crippen LogP contribution in [0.15, 0.2) is 18.2 Å². The number of anilines is 1. The second-order valence-corrected chi connectivity index (χ2v) is 6.29. The van der Waals surface area contributed by atoms with Gasteiger partial charge in [-0.2, -0.15) is 26.3 Å². The predicted molar refractivity (Wildman–Crippen MR) is 76.0 cm³/mol. The monoisotopic (exact) mass is 393 g/mol. The molecule has 3 nitrogen and oxygen atoms in total. The van der Waals surface area contributed by atoms with Crippen molar-refractivity contribution in [1.29, 1.82) is 0 Å². The first-order chi connectivity index (χ1) is 11.5. The molecule has 0 heterocycles. The van der Waals surface area contributed by atoms with E-state index >= 15 is 0 Å². The van der Waals surface area contributed by atoms with Crippen molar-refractivity contribution in [1.82, 2.24) is 0 Å². The molecule has 0 saturated heterocycles. The number of hydrogen-bond acceptors (Lipinski definition) is 2. The SMILES string of the molecule is CC(C)(C)OC(=O)Nc1ccc(C(F)(C(F)(F)F)C(F)(F)F)cc1CF. The van der Waals surface area contributed by atoms with Gasteiger partial charge < -0.3 is 4.74 Å². The van der Waals surface area contributed by atoms with Gasteiger partial charge in [-0.3, -0.25) is 5.32 Å². The van der Waals surface area contributed by atoms with E-state index in [1.54, 1.807) is 0 Å². The minimum atomic E-state index is -6.32. The molecule has 0 fully saturated rings. The number of alkyl halides is 8. The third kappa shape index (κ3) is 4.55. The summed E-state index contributed by atoms with van der Waals surface area (Å²) in [4.78, 5) is 11.6. The Hall–Kier alpha value is -2.07. The van der Waals surface area contributed by atoms with Gasteiger partial charge in [0.2, 0.25) is 0 Å². The Morgan fingerprint density at radius 1 is 1.00 bits per heavy atom. The first-order valence-corrected chi connectivity index (χ1v) is 7.04. The molecule has 0 aliphatic heterocycles. The summed E-state index contributed by atoms with van der Waals surface area (Å²) in [5.74, 6) is 0. The molecule has 0 aliphatic carbocycles. The van der Waals surface area contributed by atoms with Crippen molar-refractivity contribution in [3.05, 3.63) is 29.3 Å². The summed E-state index contributed by atoms with van der Waals surface area (Å²) < 4.78 is 108. The highest BCUT2D eigenvalue weighted by Crippen LogP contribution is 2.53. The number of amides is 1. The molecule has 11 heteroatoms. The lowest BCUT2D eigenvalue weighted by Crippen LogP contribution is -2.50. The summed E-state index contributed by atoms with van der Waals surface area (Å²) >= 11 is 0. The fourth-order valence-corrected chi connectivity index (χ4v) is 1.94. The Morgan fingerprint density at radius 2 is 1.50 bits per heavy atom. The normalized spacial score (nSPS) is 13.5. The maximum Gasteiger partial charge on any atom is 0.435 e. The van der Waals surface area contributed by atoms with Crippen LogP contribution in [0.3, 0.4) is 0 Å². The fraction of sp³-hybridized carbons (Fsp3) is 0.533. The van der Waals surface area contributed by atoms with Gasteiger partial charge >= 0.3 is 24.1 Å². The van der Waals surface area contributed by atoms with Crippen LogP contribution in [0, 0.1) is 0 Å². The van der Waals surface area contributed by atoms with Gasteiger partial charge in [-0.25, -0.2) is 13.6 Å². The van der Waals surface area contributed by atoms with Crippen LogP contribution in [-0.4, -0.2) is 24.0 Å². The Balaban J connectivity index is 3.33. The lowest BCUT2D eigenvalue weighted by molar-refractivity contribution is -0.348. The van der Waals surface area contributed by atoms with Crippen LogP contribution in [0.2, 0.25) is 0 Å². The Labute approximate surface area is 143 Å². The molecule has 0 saturated carbocycles. The van der Waals surface area contributed by atoms with Gasteiger partial charge in [0.25, 0.3) is 0 Å². The molecule has 148 valence electrons. The van der Waals surface area contributed by atoms with Crippen molar-refractivity contribution >= 4 is 11.8 Å². The number of hydrogen-bond donors (Lipinski definition) is 1. The molecule has 0 radical (unpaired) electrons. The van der Waals surface area contributed by atoms with Gasteiger partial charge in [0, 0.05) is 16.8 Å². The zero-order valence-corrected chi connectivity index (χ0v) is 13.8. The lowest BCUT2D eigenvalue weighted by Gasteiger charge is -2.30. The lowest BCUT2D eigenvalue weighted by atomic mass is 9.92. The second-order valence-electron chi connectivity index (χ2n) is 6.29. The molecule has 0 unspecified atom stereocenters. The average molecular weight is 393 g/mol. The highest BCUT2D eigenvalue weighted by atomic mass is 19.4. The Morgan fingerprint density at radius 3 is 1.88 bits per heavy atom. The largest absolute Gasteiger partial charge is 0.444 e. The number of carbonyl (C=O) groups is 1. The molecule has 1 amide bonds. The summed E-state index contributed by atoms with van der Waals surface area (Å²) in [6, 6.07) is 0.778. The van der Waals surface area contributed by atoms with E-state index in [0.717, 1.165) is 0 Å². The van der Waals surface area contributed by atoms with E-state index in [0.29, 0.717) is 6.07 Å². The molecule has 0 aliphatic rings. The first kappa shape index (κ1) is 22.0. The van der Waals surface area contributed by atoms with Gasteiger partial charge in [-0.1, -0.05) is 6.07 Å². The number of halogens is 8. The van der Waals surface area contributed by atoms with E-state index in [1.165, 1.54) is 20.8 Å². The van der Waals surface area contributed by atoms with Crippen molar-refractivity contribution < 1.29 is 44.7 Å². The van der Waals surface area contributed by atoms with Crippen LogP contribution in [0.4, 0.5) is 45.6 Å². The van der Waals surface area contributed by atoms with Gasteiger partial charge in [0.05, 0.1) is 0 Å². The average Bonchev–Trinajstić information content (AvgIpc) is 2.42. The molecule has 1 rings (SSSR count). The van der Waals surface area contributed by atoms with Crippen molar-refractivity contribution in [2.45, 2.75) is 51.1 Å². The highest BCUT2D eigenvalue weighted by Gasteiger charge is 2.73. The topological polar surface area (TPSA) is 38.3 Å². The zero-order chi connectivity index (χ0) is 20.6. The molecule has 0 spiro atoms. The molecule has 1 aromatic rings. The van der Waals surface area contributed by atoms with Crippen molar-refractivity contribution in [3.63, 3.8) is 0 Å². The van der Waals surface area contributed by atoms with Crippen LogP contribution in [-0.2, 0) is 17.1 Å². The van der Waals surface area contributed by atoms with Gasteiger partial charge in [-0.15, -0.1) is 0 Å². The summed E-state index contributed by atoms with van der Waals surface area (Å²) in [6.45, 7) is 2.94. The third-order valence-electron chi connectivity index (χ3n) is 3.06. The molecule has 1 aromatic carbocycles. The number of benzene rings is 1. The molecular weight excluding hydrogens is 378 g/mol. The van der Waals surface area contributed by atoms with Crippen molar-refractivity contribution in [2.75, 3.05) is 5.32 Å². The number of ether oxygens (including phenoxy) is 1. The number of rotatable bonds is 3. The minimum absolute atomic E-state index is 0.0632. The second kappa shape index (κ2) is 6.92. The van der Waals surface area contributed by atoms with Crippen molar-refractivity contribution in [3.8, 4) is 0 Å². The van der Waals surface area contributed by atoms with Gasteiger partial charge in [0.15, 0.2) is 0 Å². The number of nitrogens with one attached hydrogen (secondary N) is 1. The quantitative estimate of drug-likeness (QED) is 0.660. The van der Waals surface area contributed by atoms with E-state index in [4.69, 9.17) is 4.74 Å². The molecular formula is C15H15F8NO2. The van der Waals surface area contributed by atoms with Crippen LogP contribution < -0.4 is 5.32 Å². The van der Waals surface area contributed by atoms with Crippen molar-refractivity contribution in [2.24, 2.45) is 0 Å². The summed E-state index contributed by atoms with van der Waals surface area (Å²) in [7, 11) is 0. The van der Waals surface area contributed by atoms with Gasteiger partial charge in [-0.05, 0) is 32.9 Å². The first-order valence-electron chi connectivity index (χ1n) is 7.04. The van der Waals surface area contributed by atoms with E-state index in [-0.39, 0.29) is 12.1 Å². The minimum Gasteiger partial charge on any atom is -0.444 e. The standard InChI is InChI=1S/C15H15F8NO2/c1-12(2,3)26-11(25)24-10-5-4-9(6-8(10)7-16)13(17,14(18,19)20)15(21,22)23/h4-6H,7H2,1-3H3,(H,24,25). The van der Waals surface area contributed by atoms with Crippen LogP contribution in [0.1, 0.15) is 31.9 Å². The van der Waals surface area contributed by atoms with Crippen LogP contribution in [0.25, 0.3) is 0 Å². The smallest absolute Gasteiger partial charge is 0.435 e. The maximum atomic E-state index is 14.0. The van der Waals surface area contributed by atoms with E-state index in [1.807, 2.05) is 5.32 Å². The molecule has 0 bridgehead atoms. The van der Waals surface area contributed by atoms with Crippen LogP contribution >= 0.6 is 0 Å². The molecule has 26 heavy (non-hydrogen) atoms. The maximum absolute atomic E-state index is 14.0. The molecule has 0 atom stereocenters. The zero-order valence-electron chi connectivity index (χ0n) is 13.8.